The molecule has 4 heteroatoms. The fourth-order valence-corrected chi connectivity index (χ4v) is 3.18. The smallest absolute Gasteiger partial charge is 0.0814 e. The van der Waals surface area contributed by atoms with Crippen LogP contribution < -0.4 is 5.32 Å². The molecule has 1 aromatic heterocycles. The Balaban J connectivity index is 1.75. The van der Waals surface area contributed by atoms with Crippen molar-refractivity contribution in [3.8, 4) is 0 Å². The second-order valence-electron chi connectivity index (χ2n) is 4.63. The fourth-order valence-electron chi connectivity index (χ4n) is 1.86. The van der Waals surface area contributed by atoms with Crippen molar-refractivity contribution in [1.82, 2.24) is 5.32 Å². The zero-order valence-corrected chi connectivity index (χ0v) is 14.1. The summed E-state index contributed by atoms with van der Waals surface area (Å²) in [6.07, 6.45) is 1.17. The summed E-state index contributed by atoms with van der Waals surface area (Å²) in [4.78, 5) is 2.66. The summed E-state index contributed by atoms with van der Waals surface area (Å²) in [6, 6.07) is 12.5. The summed E-state index contributed by atoms with van der Waals surface area (Å²) in [5.41, 5.74) is 1.19. The maximum absolute atomic E-state index is 5.79. The highest BCUT2D eigenvalue weighted by atomic mass is 79.9. The van der Waals surface area contributed by atoms with Crippen molar-refractivity contribution in [2.24, 2.45) is 0 Å². The van der Waals surface area contributed by atoms with Gasteiger partial charge in [0.2, 0.25) is 0 Å². The maximum Gasteiger partial charge on any atom is 0.0814 e. The Morgan fingerprint density at radius 3 is 2.70 bits per heavy atom. The minimum Gasteiger partial charge on any atom is -0.371 e. The van der Waals surface area contributed by atoms with E-state index in [1.807, 2.05) is 29.5 Å². The van der Waals surface area contributed by atoms with Crippen LogP contribution in [0.4, 0.5) is 0 Å². The number of halogens is 1. The summed E-state index contributed by atoms with van der Waals surface area (Å²) in [5, 5.41) is 3.42. The van der Waals surface area contributed by atoms with Crippen LogP contribution in [0.3, 0.4) is 0 Å². The highest BCUT2D eigenvalue weighted by Gasteiger charge is 2.02. The quantitative estimate of drug-likeness (QED) is 0.692. The number of thiophene rings is 1. The van der Waals surface area contributed by atoms with Crippen molar-refractivity contribution in [3.05, 3.63) is 56.2 Å². The first-order valence-corrected chi connectivity index (χ1v) is 8.50. The van der Waals surface area contributed by atoms with Gasteiger partial charge in [-0.1, -0.05) is 41.1 Å². The van der Waals surface area contributed by atoms with Gasteiger partial charge in [0, 0.05) is 20.8 Å². The summed E-state index contributed by atoms with van der Waals surface area (Å²) in [5.74, 6) is 0. The van der Waals surface area contributed by atoms with E-state index in [1.165, 1.54) is 21.7 Å². The summed E-state index contributed by atoms with van der Waals surface area (Å²) >= 11 is 5.36. The number of rotatable bonds is 8. The van der Waals surface area contributed by atoms with Crippen LogP contribution in [0, 0.1) is 0 Å². The third-order valence-electron chi connectivity index (χ3n) is 2.90. The molecule has 0 aliphatic heterocycles. The second-order valence-corrected chi connectivity index (χ2v) is 6.74. The van der Waals surface area contributed by atoms with Gasteiger partial charge in [0.25, 0.3) is 0 Å². The lowest BCUT2D eigenvalue weighted by molar-refractivity contribution is 0.109. The first kappa shape index (κ1) is 15.7. The molecule has 0 unspecified atom stereocenters. The number of benzene rings is 1. The Bertz CT molecular complexity index is 527. The zero-order valence-electron chi connectivity index (χ0n) is 11.7. The van der Waals surface area contributed by atoms with Gasteiger partial charge < -0.3 is 10.1 Å². The molecule has 0 amide bonds. The molecule has 0 saturated heterocycles. The van der Waals surface area contributed by atoms with E-state index in [0.717, 1.165) is 17.6 Å². The molecule has 2 rings (SSSR count). The van der Waals surface area contributed by atoms with Gasteiger partial charge in [-0.3, -0.25) is 0 Å². The molecule has 0 spiro atoms. The van der Waals surface area contributed by atoms with Crippen LogP contribution in [0.2, 0.25) is 0 Å². The molecule has 0 fully saturated rings. The first-order valence-electron chi connectivity index (χ1n) is 6.89. The Kier molecular flexibility index (Phi) is 6.73. The second kappa shape index (κ2) is 8.57. The zero-order chi connectivity index (χ0) is 14.2. The molecule has 1 aromatic carbocycles. The molecule has 0 aliphatic carbocycles. The molecule has 2 aromatic rings. The van der Waals surface area contributed by atoms with Crippen LogP contribution >= 0.6 is 27.3 Å². The highest BCUT2D eigenvalue weighted by molar-refractivity contribution is 9.10. The Labute approximate surface area is 133 Å². The predicted molar refractivity (Wildman–Crippen MR) is 89.0 cm³/mol. The molecular formula is C16H20BrNOS. The van der Waals surface area contributed by atoms with E-state index in [-0.39, 0.29) is 0 Å². The molecular weight excluding hydrogens is 334 g/mol. The third-order valence-corrected chi connectivity index (χ3v) is 4.74. The van der Waals surface area contributed by atoms with E-state index in [9.17, 15) is 0 Å². The molecule has 1 N–H and O–H groups in total. The standard InChI is InChI=1S/C16H20BrNOS/c1-2-9-18-10-14-7-8-15(20-14)12-19-11-13-5-3-4-6-16(13)17/h3-8,18H,2,9-12H2,1H3. The average Bonchev–Trinajstić information content (AvgIpc) is 2.89. The van der Waals surface area contributed by atoms with Crippen molar-refractivity contribution in [2.75, 3.05) is 6.54 Å². The van der Waals surface area contributed by atoms with Crippen molar-refractivity contribution in [1.29, 1.82) is 0 Å². The average molecular weight is 354 g/mol. The van der Waals surface area contributed by atoms with Crippen LogP contribution in [-0.4, -0.2) is 6.54 Å². The topological polar surface area (TPSA) is 21.3 Å². The Hall–Kier alpha value is -0.680. The molecule has 20 heavy (non-hydrogen) atoms. The molecule has 0 bridgehead atoms. The van der Waals surface area contributed by atoms with Gasteiger partial charge >= 0.3 is 0 Å². The van der Waals surface area contributed by atoms with Gasteiger partial charge in [-0.05, 0) is 36.7 Å². The third kappa shape index (κ3) is 5.02. The van der Waals surface area contributed by atoms with Crippen LogP contribution in [0.25, 0.3) is 0 Å². The Morgan fingerprint density at radius 1 is 1.10 bits per heavy atom. The number of hydrogen-bond acceptors (Lipinski definition) is 3. The lowest BCUT2D eigenvalue weighted by Crippen LogP contribution is -2.12. The largest absolute Gasteiger partial charge is 0.371 e. The molecule has 0 saturated carbocycles. The van der Waals surface area contributed by atoms with Gasteiger partial charge in [0.05, 0.1) is 13.2 Å². The van der Waals surface area contributed by atoms with E-state index in [1.54, 1.807) is 0 Å². The predicted octanol–water partition coefficient (Wildman–Crippen LogP) is 4.73. The minimum atomic E-state index is 0.642. The number of hydrogen-bond donors (Lipinski definition) is 1. The van der Waals surface area contributed by atoms with Crippen LogP contribution in [-0.2, 0) is 24.5 Å². The number of ether oxygens (including phenoxy) is 1. The normalized spacial score (nSPS) is 10.9. The monoisotopic (exact) mass is 353 g/mol. The SMILES string of the molecule is CCCNCc1ccc(COCc2ccccc2Br)s1. The van der Waals surface area contributed by atoms with E-state index >= 15 is 0 Å². The highest BCUT2D eigenvalue weighted by Crippen LogP contribution is 2.20. The van der Waals surface area contributed by atoms with Crippen molar-refractivity contribution >= 4 is 27.3 Å². The summed E-state index contributed by atoms with van der Waals surface area (Å²) < 4.78 is 6.89. The van der Waals surface area contributed by atoms with Crippen LogP contribution in [0.5, 0.6) is 0 Å². The molecule has 1 heterocycles. The minimum absolute atomic E-state index is 0.642. The number of nitrogens with one attached hydrogen (secondary N) is 1. The van der Waals surface area contributed by atoms with Gasteiger partial charge in [0.15, 0.2) is 0 Å². The van der Waals surface area contributed by atoms with Crippen LogP contribution in [0.1, 0.15) is 28.7 Å². The molecule has 108 valence electrons. The molecule has 2 nitrogen and oxygen atoms in total. The van der Waals surface area contributed by atoms with Crippen molar-refractivity contribution in [2.45, 2.75) is 33.1 Å². The molecule has 0 aliphatic rings. The summed E-state index contributed by atoms with van der Waals surface area (Å²) in [7, 11) is 0. The summed E-state index contributed by atoms with van der Waals surface area (Å²) in [6.45, 7) is 5.54. The van der Waals surface area contributed by atoms with Gasteiger partial charge in [-0.2, -0.15) is 0 Å². The Morgan fingerprint density at radius 2 is 1.90 bits per heavy atom. The molecule has 0 radical (unpaired) electrons. The maximum atomic E-state index is 5.79. The van der Waals surface area contributed by atoms with Gasteiger partial charge in [-0.25, -0.2) is 0 Å². The van der Waals surface area contributed by atoms with E-state index < -0.39 is 0 Å². The lowest BCUT2D eigenvalue weighted by Gasteiger charge is -2.05. The van der Waals surface area contributed by atoms with Crippen molar-refractivity contribution in [3.63, 3.8) is 0 Å². The van der Waals surface area contributed by atoms with Crippen molar-refractivity contribution < 1.29 is 4.74 Å². The molecule has 0 atom stereocenters. The van der Waals surface area contributed by atoms with E-state index in [0.29, 0.717) is 13.2 Å². The van der Waals surface area contributed by atoms with E-state index in [2.05, 4.69) is 46.4 Å². The van der Waals surface area contributed by atoms with Crippen LogP contribution in [0.15, 0.2) is 40.9 Å². The van der Waals surface area contributed by atoms with Gasteiger partial charge in [-0.15, -0.1) is 11.3 Å². The lowest BCUT2D eigenvalue weighted by atomic mass is 10.2. The first-order chi connectivity index (χ1) is 9.79. The fraction of sp³-hybridized carbons (Fsp3) is 0.375. The van der Waals surface area contributed by atoms with Gasteiger partial charge in [0.1, 0.15) is 0 Å². The van der Waals surface area contributed by atoms with E-state index in [4.69, 9.17) is 4.74 Å².